The van der Waals surface area contributed by atoms with Crippen LogP contribution < -0.4 is 11.1 Å². The Hall–Kier alpha value is -3.22. The first-order chi connectivity index (χ1) is 12.0. The van der Waals surface area contributed by atoms with E-state index in [9.17, 15) is 14.4 Å². The lowest BCUT2D eigenvalue weighted by Gasteiger charge is -2.29. The largest absolute Gasteiger partial charge is 0.384 e. The molecular weight excluding hydrogens is 320 g/mol. The summed E-state index contributed by atoms with van der Waals surface area (Å²) in [4.78, 5) is 41.9. The van der Waals surface area contributed by atoms with Crippen molar-refractivity contribution in [1.29, 1.82) is 0 Å². The molecule has 7 heteroatoms. The van der Waals surface area contributed by atoms with Crippen molar-refractivity contribution in [3.8, 4) is 11.1 Å². The third-order valence-corrected chi connectivity index (χ3v) is 4.68. The lowest BCUT2D eigenvalue weighted by atomic mass is 9.98. The Morgan fingerprint density at radius 1 is 1.12 bits per heavy atom. The first kappa shape index (κ1) is 15.3. The van der Waals surface area contributed by atoms with Crippen LogP contribution >= 0.6 is 0 Å². The maximum atomic E-state index is 12.8. The maximum absolute atomic E-state index is 12.8. The molecule has 0 radical (unpaired) electrons. The molecule has 1 aromatic heterocycles. The number of carbonyl (C=O) groups is 3. The maximum Gasteiger partial charge on any atom is 0.255 e. The summed E-state index contributed by atoms with van der Waals surface area (Å²) in [5.41, 5.74) is 8.85. The van der Waals surface area contributed by atoms with Crippen LogP contribution in [0.2, 0.25) is 0 Å². The zero-order chi connectivity index (χ0) is 17.6. The molecule has 2 aliphatic heterocycles. The van der Waals surface area contributed by atoms with E-state index in [1.165, 1.54) is 0 Å². The molecule has 126 valence electrons. The van der Waals surface area contributed by atoms with Crippen molar-refractivity contribution < 1.29 is 14.4 Å². The molecule has 3 N–H and O–H groups in total. The molecule has 4 rings (SSSR count). The number of benzene rings is 1. The Labute approximate surface area is 143 Å². The van der Waals surface area contributed by atoms with E-state index in [2.05, 4.69) is 10.3 Å². The quantitative estimate of drug-likeness (QED) is 0.799. The number of nitrogens with two attached hydrogens (primary N) is 1. The highest BCUT2D eigenvalue weighted by Gasteiger charge is 2.39. The molecular formula is C18H16N4O3. The fourth-order valence-electron chi connectivity index (χ4n) is 3.42. The summed E-state index contributed by atoms with van der Waals surface area (Å²) in [6.07, 6.45) is 2.26. The van der Waals surface area contributed by atoms with Crippen molar-refractivity contribution in [3.05, 3.63) is 47.7 Å². The molecule has 0 saturated carbocycles. The average Bonchev–Trinajstić information content (AvgIpc) is 2.93. The topological polar surface area (TPSA) is 105 Å². The predicted octanol–water partition coefficient (Wildman–Crippen LogP) is 1.09. The Morgan fingerprint density at radius 3 is 2.64 bits per heavy atom. The summed E-state index contributed by atoms with van der Waals surface area (Å²) in [6.45, 7) is 0.334. The summed E-state index contributed by atoms with van der Waals surface area (Å²) < 4.78 is 0. The van der Waals surface area contributed by atoms with E-state index < -0.39 is 11.9 Å². The number of anilines is 1. The summed E-state index contributed by atoms with van der Waals surface area (Å²) in [5, 5.41) is 2.31. The summed E-state index contributed by atoms with van der Waals surface area (Å²) >= 11 is 0. The molecule has 3 heterocycles. The number of nitrogens with zero attached hydrogens (tertiary/aromatic N) is 2. The summed E-state index contributed by atoms with van der Waals surface area (Å²) in [7, 11) is 0. The molecule has 3 amide bonds. The minimum atomic E-state index is -0.616. The Kier molecular flexibility index (Phi) is 3.49. The van der Waals surface area contributed by atoms with Crippen molar-refractivity contribution in [2.45, 2.75) is 25.4 Å². The summed E-state index contributed by atoms with van der Waals surface area (Å²) in [6, 6.07) is 8.46. The van der Waals surface area contributed by atoms with Crippen LogP contribution in [0, 0.1) is 0 Å². The Bertz CT molecular complexity index is 892. The molecule has 2 aliphatic rings. The van der Waals surface area contributed by atoms with Crippen LogP contribution in [0.1, 0.15) is 28.8 Å². The fraction of sp³-hybridized carbons (Fsp3) is 0.222. The van der Waals surface area contributed by atoms with Crippen molar-refractivity contribution in [2.24, 2.45) is 0 Å². The highest BCUT2D eigenvalue weighted by Crippen LogP contribution is 2.34. The van der Waals surface area contributed by atoms with Crippen LogP contribution in [0.5, 0.6) is 0 Å². The number of rotatable bonds is 2. The van der Waals surface area contributed by atoms with E-state index in [1.807, 2.05) is 18.2 Å². The third-order valence-electron chi connectivity index (χ3n) is 4.68. The Balaban J connectivity index is 1.70. The third kappa shape index (κ3) is 2.53. The van der Waals surface area contributed by atoms with Gasteiger partial charge in [-0.2, -0.15) is 0 Å². The zero-order valence-electron chi connectivity index (χ0n) is 13.4. The lowest BCUT2D eigenvalue weighted by molar-refractivity contribution is -0.136. The molecule has 1 fully saturated rings. The van der Waals surface area contributed by atoms with Crippen molar-refractivity contribution >= 4 is 23.5 Å². The van der Waals surface area contributed by atoms with E-state index >= 15 is 0 Å². The van der Waals surface area contributed by atoms with Crippen molar-refractivity contribution in [3.63, 3.8) is 0 Å². The van der Waals surface area contributed by atoms with Gasteiger partial charge in [-0.1, -0.05) is 12.1 Å². The van der Waals surface area contributed by atoms with Gasteiger partial charge in [0.15, 0.2) is 0 Å². The number of nitrogen functional groups attached to an aromatic ring is 1. The first-order valence-electron chi connectivity index (χ1n) is 8.03. The number of hydrogen-bond acceptors (Lipinski definition) is 5. The number of hydrogen-bond donors (Lipinski definition) is 2. The van der Waals surface area contributed by atoms with E-state index in [0.717, 1.165) is 16.7 Å². The zero-order valence-corrected chi connectivity index (χ0v) is 13.4. The normalized spacial score (nSPS) is 19.8. The van der Waals surface area contributed by atoms with E-state index in [-0.39, 0.29) is 18.2 Å². The van der Waals surface area contributed by atoms with Gasteiger partial charge < -0.3 is 10.6 Å². The second-order valence-electron chi connectivity index (χ2n) is 6.20. The summed E-state index contributed by atoms with van der Waals surface area (Å²) in [5.74, 6) is -0.459. The van der Waals surface area contributed by atoms with Crippen LogP contribution in [-0.2, 0) is 16.1 Å². The van der Waals surface area contributed by atoms with Crippen molar-refractivity contribution in [1.82, 2.24) is 15.2 Å². The van der Waals surface area contributed by atoms with Gasteiger partial charge in [0.05, 0.1) is 0 Å². The Morgan fingerprint density at radius 2 is 1.92 bits per heavy atom. The van der Waals surface area contributed by atoms with Gasteiger partial charge in [-0.25, -0.2) is 4.98 Å². The standard InChI is InChI=1S/C18H16N4O3/c19-15-6-4-10(8-20-15)11-2-1-3-12-13(11)9-22(18(12)25)14-5-7-16(23)21-17(14)24/h1-4,6,8,14H,5,7,9H2,(H2,19,20)(H,21,23,24). The van der Waals surface area contributed by atoms with Gasteiger partial charge >= 0.3 is 0 Å². The molecule has 1 unspecified atom stereocenters. The minimum absolute atomic E-state index is 0.185. The van der Waals surface area contributed by atoms with Crippen LogP contribution in [0.4, 0.5) is 5.82 Å². The molecule has 0 aliphatic carbocycles. The molecule has 1 aromatic carbocycles. The SMILES string of the molecule is Nc1ccc(-c2cccc3c2CN(C2CCC(=O)NC2=O)C3=O)cn1. The van der Waals surface area contributed by atoms with E-state index in [1.54, 1.807) is 23.2 Å². The second-order valence-corrected chi connectivity index (χ2v) is 6.20. The monoisotopic (exact) mass is 336 g/mol. The number of aromatic nitrogens is 1. The number of nitrogens with one attached hydrogen (secondary N) is 1. The van der Waals surface area contributed by atoms with Crippen LogP contribution in [0.3, 0.4) is 0 Å². The minimum Gasteiger partial charge on any atom is -0.384 e. The average molecular weight is 336 g/mol. The van der Waals surface area contributed by atoms with Gasteiger partial charge in [-0.15, -0.1) is 0 Å². The number of carbonyl (C=O) groups excluding carboxylic acids is 3. The second kappa shape index (κ2) is 5.70. The van der Waals surface area contributed by atoms with Crippen LogP contribution in [0.15, 0.2) is 36.5 Å². The highest BCUT2D eigenvalue weighted by molar-refractivity contribution is 6.06. The molecule has 1 atom stereocenters. The molecule has 2 aromatic rings. The van der Waals surface area contributed by atoms with Gasteiger partial charge in [0.1, 0.15) is 11.9 Å². The number of imide groups is 1. The van der Waals surface area contributed by atoms with Gasteiger partial charge in [0, 0.05) is 30.3 Å². The van der Waals surface area contributed by atoms with Gasteiger partial charge in [-0.3, -0.25) is 19.7 Å². The molecule has 1 saturated heterocycles. The van der Waals surface area contributed by atoms with Crippen LogP contribution in [-0.4, -0.2) is 33.6 Å². The molecule has 25 heavy (non-hydrogen) atoms. The first-order valence-corrected chi connectivity index (χ1v) is 8.03. The number of amides is 3. The lowest BCUT2D eigenvalue weighted by Crippen LogP contribution is -2.52. The van der Waals surface area contributed by atoms with Crippen molar-refractivity contribution in [2.75, 3.05) is 5.73 Å². The number of fused-ring (bicyclic) bond motifs is 1. The van der Waals surface area contributed by atoms with Gasteiger partial charge in [0.25, 0.3) is 5.91 Å². The van der Waals surface area contributed by atoms with Crippen LogP contribution in [0.25, 0.3) is 11.1 Å². The number of piperidine rings is 1. The van der Waals surface area contributed by atoms with E-state index in [0.29, 0.717) is 24.3 Å². The fourth-order valence-corrected chi connectivity index (χ4v) is 3.42. The van der Waals surface area contributed by atoms with Gasteiger partial charge in [-0.05, 0) is 35.7 Å². The number of pyridine rings is 1. The highest BCUT2D eigenvalue weighted by atomic mass is 16.2. The van der Waals surface area contributed by atoms with E-state index in [4.69, 9.17) is 5.73 Å². The van der Waals surface area contributed by atoms with Gasteiger partial charge in [0.2, 0.25) is 11.8 Å². The predicted molar refractivity (Wildman–Crippen MR) is 90.1 cm³/mol. The smallest absolute Gasteiger partial charge is 0.255 e. The molecule has 0 spiro atoms. The molecule has 0 bridgehead atoms. The molecule has 7 nitrogen and oxygen atoms in total.